The third kappa shape index (κ3) is 4.83. The number of nitrogens with zero attached hydrogens (tertiary/aromatic N) is 4. The molecule has 29 heavy (non-hydrogen) atoms. The van der Waals surface area contributed by atoms with Crippen LogP contribution in [0.5, 0.6) is 0 Å². The summed E-state index contributed by atoms with van der Waals surface area (Å²) in [7, 11) is 1.51. The summed E-state index contributed by atoms with van der Waals surface area (Å²) in [4.78, 5) is 17.4. The number of primary amides is 1. The van der Waals surface area contributed by atoms with Crippen molar-refractivity contribution in [2.24, 2.45) is 11.5 Å². The van der Waals surface area contributed by atoms with Gasteiger partial charge in [-0.2, -0.15) is 15.0 Å². The Balaban J connectivity index is 1.94. The number of methoxy groups -OCH3 is 1. The van der Waals surface area contributed by atoms with Crippen LogP contribution < -0.4 is 22.1 Å². The van der Waals surface area contributed by atoms with E-state index in [-0.39, 0.29) is 36.4 Å². The molecule has 6 N–H and O–H groups in total. The van der Waals surface area contributed by atoms with Crippen molar-refractivity contribution in [2.45, 2.75) is 6.04 Å². The van der Waals surface area contributed by atoms with Gasteiger partial charge in [-0.05, 0) is 24.3 Å². The first-order valence-corrected chi connectivity index (χ1v) is 8.71. The summed E-state index contributed by atoms with van der Waals surface area (Å²) < 4.78 is 19.5. The van der Waals surface area contributed by atoms with Crippen molar-refractivity contribution in [3.05, 3.63) is 54.1 Å². The Kier molecular flexibility index (Phi) is 6.32. The fourth-order valence-electron chi connectivity index (χ4n) is 2.63. The molecular weight excluding hydrogens is 379 g/mol. The third-order valence-corrected chi connectivity index (χ3v) is 3.99. The number of carbonyl (C=O) groups excluding carboxylic acids is 1. The second kappa shape index (κ2) is 9.08. The molecule has 1 amide bonds. The molecule has 0 bridgehead atoms. The zero-order valence-corrected chi connectivity index (χ0v) is 15.7. The molecule has 2 heterocycles. The van der Waals surface area contributed by atoms with Crippen LogP contribution in [0.3, 0.4) is 0 Å². The maximum Gasteiger partial charge on any atom is 0.252 e. The standard InChI is InChI=1S/C18H21FN8O2/c1-29-10-12(9-20)25-18-15(19)8-14(16(21)28)17(26-18)24-11-3-2-4-13(7-11)27-22-5-6-23-27/h2-8,12H,9-10,20H2,1H3,(H2,21,28)(H2,24,25,26)/t12-/m0/s1. The Hall–Kier alpha value is -3.57. The van der Waals surface area contributed by atoms with Gasteiger partial charge in [0, 0.05) is 19.3 Å². The Labute approximate surface area is 166 Å². The normalized spacial score (nSPS) is 11.8. The number of nitrogens with one attached hydrogen (secondary N) is 2. The van der Waals surface area contributed by atoms with E-state index in [0.29, 0.717) is 11.4 Å². The smallest absolute Gasteiger partial charge is 0.252 e. The van der Waals surface area contributed by atoms with Gasteiger partial charge < -0.3 is 26.8 Å². The SMILES string of the molecule is COC[C@H](CN)Nc1nc(Nc2cccc(-n3nccn3)c2)c(C(N)=O)cc1F. The summed E-state index contributed by atoms with van der Waals surface area (Å²) in [6.07, 6.45) is 3.11. The molecule has 11 heteroatoms. The molecule has 0 saturated heterocycles. The van der Waals surface area contributed by atoms with E-state index in [2.05, 4.69) is 25.8 Å². The van der Waals surface area contributed by atoms with Crippen LogP contribution in [0.2, 0.25) is 0 Å². The number of nitrogens with two attached hydrogens (primary N) is 2. The van der Waals surface area contributed by atoms with Gasteiger partial charge in [0.25, 0.3) is 5.91 Å². The highest BCUT2D eigenvalue weighted by Gasteiger charge is 2.18. The number of pyridine rings is 1. The molecule has 3 rings (SSSR count). The van der Waals surface area contributed by atoms with Crippen molar-refractivity contribution < 1.29 is 13.9 Å². The Morgan fingerprint density at radius 3 is 2.69 bits per heavy atom. The fraction of sp³-hybridized carbons (Fsp3) is 0.222. The Morgan fingerprint density at radius 1 is 1.28 bits per heavy atom. The van der Waals surface area contributed by atoms with E-state index in [1.165, 1.54) is 11.9 Å². The van der Waals surface area contributed by atoms with Crippen molar-refractivity contribution >= 4 is 23.2 Å². The Bertz CT molecular complexity index is 980. The minimum atomic E-state index is -0.817. The number of benzene rings is 1. The highest BCUT2D eigenvalue weighted by Crippen LogP contribution is 2.25. The molecule has 152 valence electrons. The number of amides is 1. The van der Waals surface area contributed by atoms with E-state index in [0.717, 1.165) is 6.07 Å². The topological polar surface area (TPSA) is 146 Å². The highest BCUT2D eigenvalue weighted by molar-refractivity contribution is 5.98. The summed E-state index contributed by atoms with van der Waals surface area (Å²) in [6, 6.07) is 7.75. The third-order valence-electron chi connectivity index (χ3n) is 3.99. The van der Waals surface area contributed by atoms with E-state index < -0.39 is 11.7 Å². The summed E-state index contributed by atoms with van der Waals surface area (Å²) in [6.45, 7) is 0.463. The average Bonchev–Trinajstić information content (AvgIpc) is 3.24. The molecule has 10 nitrogen and oxygen atoms in total. The van der Waals surface area contributed by atoms with Crippen molar-refractivity contribution in [3.63, 3.8) is 0 Å². The number of halogens is 1. The van der Waals surface area contributed by atoms with Crippen LogP contribution in [0.25, 0.3) is 5.69 Å². The molecule has 0 saturated carbocycles. The van der Waals surface area contributed by atoms with E-state index in [1.54, 1.807) is 30.6 Å². The van der Waals surface area contributed by atoms with Gasteiger partial charge in [-0.1, -0.05) is 6.07 Å². The summed E-state index contributed by atoms with van der Waals surface area (Å²) in [5.74, 6) is -1.52. The monoisotopic (exact) mass is 400 g/mol. The second-order valence-electron chi connectivity index (χ2n) is 6.11. The number of rotatable bonds is 9. The fourth-order valence-corrected chi connectivity index (χ4v) is 2.63. The van der Waals surface area contributed by atoms with E-state index >= 15 is 0 Å². The lowest BCUT2D eigenvalue weighted by Gasteiger charge is -2.18. The van der Waals surface area contributed by atoms with Crippen molar-refractivity contribution in [2.75, 3.05) is 30.9 Å². The average molecular weight is 400 g/mol. The lowest BCUT2D eigenvalue weighted by atomic mass is 10.2. The van der Waals surface area contributed by atoms with Gasteiger partial charge in [-0.15, -0.1) is 0 Å². The maximum atomic E-state index is 14.5. The van der Waals surface area contributed by atoms with Crippen molar-refractivity contribution in [1.29, 1.82) is 0 Å². The molecule has 0 aliphatic heterocycles. The summed E-state index contributed by atoms with van der Waals surface area (Å²) in [5, 5.41) is 14.0. The molecule has 0 spiro atoms. The minimum absolute atomic E-state index is 0.0742. The van der Waals surface area contributed by atoms with E-state index in [9.17, 15) is 9.18 Å². The molecule has 0 aliphatic rings. The molecule has 0 unspecified atom stereocenters. The van der Waals surface area contributed by atoms with Crippen LogP contribution >= 0.6 is 0 Å². The maximum absolute atomic E-state index is 14.5. The molecular formula is C18H21FN8O2. The molecule has 1 aromatic carbocycles. The number of anilines is 3. The Morgan fingerprint density at radius 2 is 2.03 bits per heavy atom. The van der Waals surface area contributed by atoms with Gasteiger partial charge >= 0.3 is 0 Å². The lowest BCUT2D eigenvalue weighted by Crippen LogP contribution is -2.34. The number of hydrogen-bond acceptors (Lipinski definition) is 8. The van der Waals surface area contributed by atoms with Gasteiger partial charge in [0.15, 0.2) is 11.6 Å². The van der Waals surface area contributed by atoms with Gasteiger partial charge in [0.2, 0.25) is 0 Å². The second-order valence-corrected chi connectivity index (χ2v) is 6.11. The predicted molar refractivity (Wildman–Crippen MR) is 106 cm³/mol. The van der Waals surface area contributed by atoms with E-state index in [4.69, 9.17) is 16.2 Å². The van der Waals surface area contributed by atoms with Crippen LogP contribution in [0, 0.1) is 5.82 Å². The summed E-state index contributed by atoms with van der Waals surface area (Å²) >= 11 is 0. The first-order valence-electron chi connectivity index (χ1n) is 8.71. The van der Waals surface area contributed by atoms with Crippen LogP contribution in [-0.4, -0.2) is 52.2 Å². The van der Waals surface area contributed by atoms with Crippen molar-refractivity contribution in [1.82, 2.24) is 20.0 Å². The molecule has 0 radical (unpaired) electrons. The zero-order chi connectivity index (χ0) is 20.8. The van der Waals surface area contributed by atoms with Crippen LogP contribution in [0.4, 0.5) is 21.7 Å². The quantitative estimate of drug-likeness (QED) is 0.417. The number of carbonyl (C=O) groups is 1. The zero-order valence-electron chi connectivity index (χ0n) is 15.7. The van der Waals surface area contributed by atoms with Gasteiger partial charge in [-0.3, -0.25) is 4.79 Å². The molecule has 0 aliphatic carbocycles. The van der Waals surface area contributed by atoms with Crippen LogP contribution in [0.1, 0.15) is 10.4 Å². The number of aromatic nitrogens is 4. The van der Waals surface area contributed by atoms with Crippen molar-refractivity contribution in [3.8, 4) is 5.69 Å². The van der Waals surface area contributed by atoms with Gasteiger partial charge in [0.05, 0.1) is 36.3 Å². The first kappa shape index (κ1) is 20.2. The highest BCUT2D eigenvalue weighted by atomic mass is 19.1. The van der Waals surface area contributed by atoms with Crippen LogP contribution in [0.15, 0.2) is 42.7 Å². The van der Waals surface area contributed by atoms with E-state index in [1.807, 2.05) is 6.07 Å². The summed E-state index contributed by atoms with van der Waals surface area (Å²) in [5.41, 5.74) is 12.2. The molecule has 2 aromatic heterocycles. The molecule has 1 atom stereocenters. The number of ether oxygens (including phenoxy) is 1. The minimum Gasteiger partial charge on any atom is -0.383 e. The predicted octanol–water partition coefficient (Wildman–Crippen LogP) is 1.03. The molecule has 3 aromatic rings. The first-order chi connectivity index (χ1) is 14.0. The largest absolute Gasteiger partial charge is 0.383 e. The van der Waals surface area contributed by atoms with Gasteiger partial charge in [0.1, 0.15) is 5.82 Å². The lowest BCUT2D eigenvalue weighted by molar-refractivity contribution is 0.100. The van der Waals surface area contributed by atoms with Crippen LogP contribution in [-0.2, 0) is 4.74 Å². The molecule has 0 fully saturated rings. The van der Waals surface area contributed by atoms with Gasteiger partial charge in [-0.25, -0.2) is 9.37 Å². The number of hydrogen-bond donors (Lipinski definition) is 4.